The highest BCUT2D eigenvalue weighted by molar-refractivity contribution is 5.88. The monoisotopic (exact) mass is 215 g/mol. The minimum absolute atomic E-state index is 0.319. The summed E-state index contributed by atoms with van der Waals surface area (Å²) < 4.78 is 10.0. The molecule has 0 aliphatic carbocycles. The van der Waals surface area contributed by atoms with Crippen molar-refractivity contribution in [3.8, 4) is 0 Å². The number of hydrogen-bond donors (Lipinski definition) is 0. The van der Waals surface area contributed by atoms with Crippen LogP contribution in [0.15, 0.2) is 12.2 Å². The van der Waals surface area contributed by atoms with Crippen LogP contribution in [0.3, 0.4) is 0 Å². The van der Waals surface area contributed by atoms with Gasteiger partial charge < -0.3 is 9.47 Å². The molecular formula is C11H21NO3. The maximum atomic E-state index is 11.2. The van der Waals surface area contributed by atoms with Crippen LogP contribution in [0.1, 0.15) is 13.8 Å². The molecule has 0 bridgehead atoms. The van der Waals surface area contributed by atoms with E-state index in [1.165, 1.54) is 0 Å². The van der Waals surface area contributed by atoms with E-state index < -0.39 is 0 Å². The Kier molecular flexibility index (Phi) is 7.95. The number of nitrogens with zero attached hydrogens (tertiary/aromatic N) is 1. The predicted molar refractivity (Wildman–Crippen MR) is 59.8 cm³/mol. The lowest BCUT2D eigenvalue weighted by molar-refractivity contribution is -0.138. The van der Waals surface area contributed by atoms with Crippen LogP contribution >= 0.6 is 0 Å². The normalized spacial score (nSPS) is 10.4. The van der Waals surface area contributed by atoms with Crippen molar-refractivity contribution < 1.29 is 14.3 Å². The molecule has 0 aromatic rings. The number of rotatable bonds is 8. The topological polar surface area (TPSA) is 38.8 Å². The van der Waals surface area contributed by atoms with Crippen LogP contribution in [0, 0.1) is 0 Å². The Morgan fingerprint density at radius 1 is 1.33 bits per heavy atom. The van der Waals surface area contributed by atoms with Gasteiger partial charge in [-0.25, -0.2) is 4.79 Å². The minimum Gasteiger partial charge on any atom is -0.463 e. The molecule has 0 aromatic carbocycles. The first kappa shape index (κ1) is 14.1. The van der Waals surface area contributed by atoms with Crippen LogP contribution in [-0.4, -0.2) is 50.8 Å². The fraction of sp³-hybridized carbons (Fsp3) is 0.727. The van der Waals surface area contributed by atoms with E-state index in [1.807, 2.05) is 18.9 Å². The fourth-order valence-electron chi connectivity index (χ4n) is 1.07. The van der Waals surface area contributed by atoms with Crippen molar-refractivity contribution in [3.63, 3.8) is 0 Å². The minimum atomic E-state index is -0.319. The van der Waals surface area contributed by atoms with Gasteiger partial charge in [0.25, 0.3) is 0 Å². The molecule has 4 nitrogen and oxygen atoms in total. The molecule has 0 N–H and O–H groups in total. The molecule has 0 fully saturated rings. The second kappa shape index (κ2) is 8.44. The molecule has 0 heterocycles. The van der Waals surface area contributed by atoms with Crippen LogP contribution < -0.4 is 0 Å². The van der Waals surface area contributed by atoms with Crippen molar-refractivity contribution in [1.29, 1.82) is 0 Å². The molecule has 15 heavy (non-hydrogen) atoms. The van der Waals surface area contributed by atoms with Crippen molar-refractivity contribution in [2.24, 2.45) is 0 Å². The lowest BCUT2D eigenvalue weighted by Gasteiger charge is -2.16. The van der Waals surface area contributed by atoms with Crippen molar-refractivity contribution in [1.82, 2.24) is 4.90 Å². The molecule has 0 spiro atoms. The summed E-state index contributed by atoms with van der Waals surface area (Å²) >= 11 is 0. The molecule has 0 unspecified atom stereocenters. The van der Waals surface area contributed by atoms with Gasteiger partial charge in [0, 0.05) is 25.3 Å². The van der Waals surface area contributed by atoms with E-state index in [2.05, 4.69) is 6.58 Å². The lowest BCUT2D eigenvalue weighted by atomic mass is 10.3. The van der Waals surface area contributed by atoms with Gasteiger partial charge in [-0.05, 0) is 20.9 Å². The molecular weight excluding hydrogens is 194 g/mol. The standard InChI is InChI=1S/C11H21NO3/c1-5-14-8-7-12(4)9-10(3)11(13)15-6-2/h3,5-9H2,1-2,4H3. The quantitative estimate of drug-likeness (QED) is 0.345. The largest absolute Gasteiger partial charge is 0.463 e. The molecule has 0 aliphatic heterocycles. The van der Waals surface area contributed by atoms with Gasteiger partial charge in [-0.2, -0.15) is 0 Å². The van der Waals surface area contributed by atoms with Gasteiger partial charge >= 0.3 is 5.97 Å². The van der Waals surface area contributed by atoms with Crippen molar-refractivity contribution in [2.45, 2.75) is 13.8 Å². The molecule has 0 rings (SSSR count). The SMILES string of the molecule is C=C(CN(C)CCOCC)C(=O)OCC. The van der Waals surface area contributed by atoms with E-state index >= 15 is 0 Å². The molecule has 0 aromatic heterocycles. The average Bonchev–Trinajstić information content (AvgIpc) is 2.18. The highest BCUT2D eigenvalue weighted by Gasteiger charge is 2.09. The van der Waals surface area contributed by atoms with Crippen LogP contribution in [0.4, 0.5) is 0 Å². The summed E-state index contributed by atoms with van der Waals surface area (Å²) in [5.74, 6) is -0.319. The summed E-state index contributed by atoms with van der Waals surface area (Å²) in [7, 11) is 1.92. The van der Waals surface area contributed by atoms with Gasteiger partial charge in [0.1, 0.15) is 0 Å². The molecule has 88 valence electrons. The Hall–Kier alpha value is -0.870. The molecule has 0 saturated heterocycles. The van der Waals surface area contributed by atoms with E-state index in [-0.39, 0.29) is 5.97 Å². The Balaban J connectivity index is 3.70. The van der Waals surface area contributed by atoms with Crippen LogP contribution in [0.5, 0.6) is 0 Å². The second-order valence-electron chi connectivity index (χ2n) is 3.26. The molecule has 0 radical (unpaired) electrons. The van der Waals surface area contributed by atoms with Gasteiger partial charge in [-0.3, -0.25) is 4.90 Å². The molecule has 0 atom stereocenters. The first-order valence-corrected chi connectivity index (χ1v) is 5.23. The van der Waals surface area contributed by atoms with Crippen molar-refractivity contribution in [3.05, 3.63) is 12.2 Å². The smallest absolute Gasteiger partial charge is 0.334 e. The van der Waals surface area contributed by atoms with Gasteiger partial charge in [0.2, 0.25) is 0 Å². The zero-order valence-corrected chi connectivity index (χ0v) is 9.91. The number of esters is 1. The Labute approximate surface area is 91.8 Å². The third-order valence-electron chi connectivity index (χ3n) is 1.85. The number of carbonyl (C=O) groups is 1. The summed E-state index contributed by atoms with van der Waals surface area (Å²) in [5, 5.41) is 0. The van der Waals surface area contributed by atoms with Gasteiger partial charge in [0.05, 0.1) is 13.2 Å². The van der Waals surface area contributed by atoms with Crippen LogP contribution in [-0.2, 0) is 14.3 Å². The zero-order valence-electron chi connectivity index (χ0n) is 9.91. The van der Waals surface area contributed by atoms with E-state index in [9.17, 15) is 4.79 Å². The average molecular weight is 215 g/mol. The summed E-state index contributed by atoms with van der Waals surface area (Å²) in [6.07, 6.45) is 0. The summed E-state index contributed by atoms with van der Waals surface area (Å²) in [5.41, 5.74) is 0.482. The number of ether oxygens (including phenoxy) is 2. The van der Waals surface area contributed by atoms with Gasteiger partial charge in [-0.1, -0.05) is 6.58 Å². The Morgan fingerprint density at radius 2 is 2.00 bits per heavy atom. The zero-order chi connectivity index (χ0) is 11.7. The summed E-state index contributed by atoms with van der Waals surface area (Å²) in [6, 6.07) is 0. The fourth-order valence-corrected chi connectivity index (χ4v) is 1.07. The summed E-state index contributed by atoms with van der Waals surface area (Å²) in [6.45, 7) is 10.5. The summed E-state index contributed by atoms with van der Waals surface area (Å²) in [4.78, 5) is 13.2. The maximum absolute atomic E-state index is 11.2. The second-order valence-corrected chi connectivity index (χ2v) is 3.26. The van der Waals surface area contributed by atoms with Gasteiger partial charge in [0.15, 0.2) is 0 Å². The first-order chi connectivity index (χ1) is 7.11. The maximum Gasteiger partial charge on any atom is 0.334 e. The van der Waals surface area contributed by atoms with Crippen molar-refractivity contribution in [2.75, 3.05) is 40.0 Å². The van der Waals surface area contributed by atoms with Crippen LogP contribution in [0.2, 0.25) is 0 Å². The molecule has 0 aliphatic rings. The van der Waals surface area contributed by atoms with E-state index in [4.69, 9.17) is 9.47 Å². The third-order valence-corrected chi connectivity index (χ3v) is 1.85. The van der Waals surface area contributed by atoms with Gasteiger partial charge in [-0.15, -0.1) is 0 Å². The molecule has 4 heteroatoms. The number of carbonyl (C=O) groups excluding carboxylic acids is 1. The van der Waals surface area contributed by atoms with Crippen molar-refractivity contribution >= 4 is 5.97 Å². The third kappa shape index (κ3) is 7.11. The molecule has 0 amide bonds. The highest BCUT2D eigenvalue weighted by atomic mass is 16.5. The van der Waals surface area contributed by atoms with E-state index in [0.29, 0.717) is 31.9 Å². The van der Waals surface area contributed by atoms with Crippen LogP contribution in [0.25, 0.3) is 0 Å². The Morgan fingerprint density at radius 3 is 2.53 bits per heavy atom. The lowest BCUT2D eigenvalue weighted by Crippen LogP contribution is -2.27. The number of likely N-dealkylation sites (N-methyl/N-ethyl adjacent to an activating group) is 1. The number of hydrogen-bond acceptors (Lipinski definition) is 4. The Bertz CT molecular complexity index is 204. The van der Waals surface area contributed by atoms with E-state index in [0.717, 1.165) is 6.54 Å². The van der Waals surface area contributed by atoms with E-state index in [1.54, 1.807) is 6.92 Å². The highest BCUT2D eigenvalue weighted by Crippen LogP contribution is 1.97. The predicted octanol–water partition coefficient (Wildman–Crippen LogP) is 1.07. The molecule has 0 saturated carbocycles. The first-order valence-electron chi connectivity index (χ1n) is 5.23.